The molecular formula is C13H12O2S. The van der Waals surface area contributed by atoms with Crippen molar-refractivity contribution in [3.63, 3.8) is 0 Å². The Balaban J connectivity index is 2.44. The van der Waals surface area contributed by atoms with Crippen molar-refractivity contribution < 1.29 is 8.76 Å². The maximum absolute atomic E-state index is 10.9. The molecule has 3 heteroatoms. The maximum Gasteiger partial charge on any atom is 0.157 e. The third-order valence-corrected chi connectivity index (χ3v) is 2.94. The summed E-state index contributed by atoms with van der Waals surface area (Å²) in [5.74, 6) is 0.172. The molecule has 0 aliphatic rings. The van der Waals surface area contributed by atoms with Crippen LogP contribution in [0.2, 0.25) is 0 Å². The molecule has 2 rings (SSSR count). The summed E-state index contributed by atoms with van der Waals surface area (Å²) in [5.41, 5.74) is 2.99. The summed E-state index contributed by atoms with van der Waals surface area (Å²) in [6.45, 7) is 0. The fourth-order valence-electron chi connectivity index (χ4n) is 1.68. The van der Waals surface area contributed by atoms with E-state index in [9.17, 15) is 4.21 Å². The van der Waals surface area contributed by atoms with Crippen molar-refractivity contribution >= 4 is 11.1 Å². The average Bonchev–Trinajstić information content (AvgIpc) is 2.30. The molecule has 0 aliphatic carbocycles. The van der Waals surface area contributed by atoms with Crippen LogP contribution in [-0.2, 0) is 16.8 Å². The van der Waals surface area contributed by atoms with E-state index in [1.807, 2.05) is 54.6 Å². The average molecular weight is 232 g/mol. The van der Waals surface area contributed by atoms with Crippen molar-refractivity contribution in [1.82, 2.24) is 0 Å². The van der Waals surface area contributed by atoms with E-state index in [1.165, 1.54) is 0 Å². The number of hydrogen-bond donors (Lipinski definition) is 1. The zero-order valence-corrected chi connectivity index (χ0v) is 9.48. The van der Waals surface area contributed by atoms with Crippen LogP contribution >= 0.6 is 0 Å². The summed E-state index contributed by atoms with van der Waals surface area (Å²) >= 11 is -1.80. The highest BCUT2D eigenvalue weighted by Gasteiger charge is 2.05. The second kappa shape index (κ2) is 5.05. The van der Waals surface area contributed by atoms with Crippen molar-refractivity contribution in [2.24, 2.45) is 0 Å². The molecule has 0 saturated carbocycles. The van der Waals surface area contributed by atoms with Gasteiger partial charge in [0.2, 0.25) is 0 Å². The maximum atomic E-state index is 10.9. The van der Waals surface area contributed by atoms with Crippen molar-refractivity contribution in [2.45, 2.75) is 5.75 Å². The molecule has 0 amide bonds. The van der Waals surface area contributed by atoms with Crippen molar-refractivity contribution in [3.8, 4) is 11.1 Å². The van der Waals surface area contributed by atoms with Crippen molar-refractivity contribution in [3.05, 3.63) is 60.2 Å². The highest BCUT2D eigenvalue weighted by Crippen LogP contribution is 2.23. The SMILES string of the molecule is O=S(O)Cc1ccccc1-c1ccccc1. The molecule has 1 atom stereocenters. The molecule has 16 heavy (non-hydrogen) atoms. The lowest BCUT2D eigenvalue weighted by molar-refractivity contribution is 0.563. The van der Waals surface area contributed by atoms with Gasteiger partial charge >= 0.3 is 0 Å². The molecule has 0 aliphatic heterocycles. The predicted molar refractivity (Wildman–Crippen MR) is 66.4 cm³/mol. The molecule has 0 heterocycles. The molecule has 2 aromatic carbocycles. The third kappa shape index (κ3) is 2.56. The first kappa shape index (κ1) is 11.0. The van der Waals surface area contributed by atoms with Crippen LogP contribution < -0.4 is 0 Å². The Morgan fingerprint density at radius 2 is 1.56 bits per heavy atom. The minimum absolute atomic E-state index is 0.172. The molecular weight excluding hydrogens is 220 g/mol. The minimum Gasteiger partial charge on any atom is -0.306 e. The van der Waals surface area contributed by atoms with Crippen LogP contribution in [0.5, 0.6) is 0 Å². The van der Waals surface area contributed by atoms with Crippen LogP contribution in [0.15, 0.2) is 54.6 Å². The molecule has 0 saturated heterocycles. The Kier molecular flexibility index (Phi) is 3.49. The van der Waals surface area contributed by atoms with Gasteiger partial charge in [-0.2, -0.15) is 0 Å². The number of rotatable bonds is 3. The molecule has 2 nitrogen and oxygen atoms in total. The Bertz CT molecular complexity index is 494. The number of benzene rings is 2. The fourth-order valence-corrected chi connectivity index (χ4v) is 2.20. The van der Waals surface area contributed by atoms with Gasteiger partial charge in [-0.05, 0) is 16.7 Å². The van der Waals surface area contributed by atoms with E-state index in [4.69, 9.17) is 4.55 Å². The van der Waals surface area contributed by atoms with Gasteiger partial charge in [0.25, 0.3) is 0 Å². The summed E-state index contributed by atoms with van der Waals surface area (Å²) in [6.07, 6.45) is 0. The first-order valence-electron chi connectivity index (χ1n) is 4.98. The van der Waals surface area contributed by atoms with Crippen LogP contribution in [0.3, 0.4) is 0 Å². The van der Waals surface area contributed by atoms with Crippen LogP contribution in [0.25, 0.3) is 11.1 Å². The summed E-state index contributed by atoms with van der Waals surface area (Å²) in [7, 11) is 0. The summed E-state index contributed by atoms with van der Waals surface area (Å²) < 4.78 is 19.8. The standard InChI is InChI=1S/C13H12O2S/c14-16(15)10-12-8-4-5-9-13(12)11-6-2-1-3-7-11/h1-9H,10H2,(H,14,15). The van der Waals surface area contributed by atoms with E-state index < -0.39 is 11.1 Å². The predicted octanol–water partition coefficient (Wildman–Crippen LogP) is 3.08. The first-order chi connectivity index (χ1) is 7.77. The Hall–Kier alpha value is -1.45. The number of hydrogen-bond acceptors (Lipinski definition) is 1. The third-order valence-electron chi connectivity index (χ3n) is 2.38. The Morgan fingerprint density at radius 1 is 0.938 bits per heavy atom. The van der Waals surface area contributed by atoms with Crippen LogP contribution in [-0.4, -0.2) is 8.76 Å². The van der Waals surface area contributed by atoms with Crippen molar-refractivity contribution in [1.29, 1.82) is 0 Å². The van der Waals surface area contributed by atoms with Crippen LogP contribution in [0.1, 0.15) is 5.56 Å². The lowest BCUT2D eigenvalue weighted by Gasteiger charge is -2.07. The fraction of sp³-hybridized carbons (Fsp3) is 0.0769. The zero-order chi connectivity index (χ0) is 11.4. The topological polar surface area (TPSA) is 37.3 Å². The van der Waals surface area contributed by atoms with E-state index in [0.717, 1.165) is 16.7 Å². The van der Waals surface area contributed by atoms with Gasteiger partial charge in [-0.25, -0.2) is 4.21 Å². The minimum atomic E-state index is -1.80. The molecule has 0 radical (unpaired) electrons. The van der Waals surface area contributed by atoms with Crippen molar-refractivity contribution in [2.75, 3.05) is 0 Å². The molecule has 82 valence electrons. The second-order valence-electron chi connectivity index (χ2n) is 3.49. The van der Waals surface area contributed by atoms with Gasteiger partial charge in [0.1, 0.15) is 0 Å². The Labute approximate surface area is 97.2 Å². The normalized spacial score (nSPS) is 12.3. The highest BCUT2D eigenvalue weighted by atomic mass is 32.2. The van der Waals surface area contributed by atoms with Gasteiger partial charge in [0, 0.05) is 0 Å². The van der Waals surface area contributed by atoms with Gasteiger partial charge in [-0.3, -0.25) is 0 Å². The monoisotopic (exact) mass is 232 g/mol. The quantitative estimate of drug-likeness (QED) is 0.826. The lowest BCUT2D eigenvalue weighted by Crippen LogP contribution is -1.95. The summed E-state index contributed by atoms with van der Waals surface area (Å²) in [5, 5.41) is 0. The van der Waals surface area contributed by atoms with E-state index in [1.54, 1.807) is 0 Å². The highest BCUT2D eigenvalue weighted by molar-refractivity contribution is 7.78. The van der Waals surface area contributed by atoms with Gasteiger partial charge < -0.3 is 4.55 Å². The first-order valence-corrected chi connectivity index (χ1v) is 6.26. The largest absolute Gasteiger partial charge is 0.306 e. The van der Waals surface area contributed by atoms with E-state index in [0.29, 0.717) is 0 Å². The lowest BCUT2D eigenvalue weighted by atomic mass is 10.0. The van der Waals surface area contributed by atoms with Gasteiger partial charge in [0.05, 0.1) is 5.75 Å². The summed E-state index contributed by atoms with van der Waals surface area (Å²) in [4.78, 5) is 0. The molecule has 0 aromatic heterocycles. The van der Waals surface area contributed by atoms with Crippen LogP contribution in [0.4, 0.5) is 0 Å². The molecule has 0 spiro atoms. The Morgan fingerprint density at radius 3 is 2.25 bits per heavy atom. The summed E-state index contributed by atoms with van der Waals surface area (Å²) in [6, 6.07) is 17.5. The molecule has 0 fully saturated rings. The molecule has 1 N–H and O–H groups in total. The van der Waals surface area contributed by atoms with E-state index in [2.05, 4.69) is 0 Å². The van der Waals surface area contributed by atoms with Crippen LogP contribution in [0, 0.1) is 0 Å². The zero-order valence-electron chi connectivity index (χ0n) is 8.67. The van der Waals surface area contributed by atoms with E-state index in [-0.39, 0.29) is 5.75 Å². The van der Waals surface area contributed by atoms with E-state index >= 15 is 0 Å². The van der Waals surface area contributed by atoms with Gasteiger partial charge in [-0.1, -0.05) is 54.6 Å². The second-order valence-corrected chi connectivity index (χ2v) is 4.42. The molecule has 1 unspecified atom stereocenters. The van der Waals surface area contributed by atoms with Gasteiger partial charge in [-0.15, -0.1) is 0 Å². The molecule has 0 bridgehead atoms. The van der Waals surface area contributed by atoms with Gasteiger partial charge in [0.15, 0.2) is 11.1 Å². The smallest absolute Gasteiger partial charge is 0.157 e. The molecule has 2 aromatic rings.